The van der Waals surface area contributed by atoms with Gasteiger partial charge >= 0.3 is 0 Å². The molecule has 1 aliphatic heterocycles. The molecule has 0 unspecified atom stereocenters. The zero-order chi connectivity index (χ0) is 14.7. The topological polar surface area (TPSA) is 72.6 Å². The SMILES string of the molecule is CCSC1=N/C(=C\c2cc([N+](=O)[O-])ccc2Cl)C(=O)S1. The number of nitrogens with zero attached hydrogens (tertiary/aromatic N) is 2. The molecule has 0 aliphatic carbocycles. The van der Waals surface area contributed by atoms with Gasteiger partial charge in [-0.1, -0.05) is 30.3 Å². The molecular formula is C12H9ClN2O3S2. The van der Waals surface area contributed by atoms with Crippen LogP contribution < -0.4 is 0 Å². The molecule has 0 saturated carbocycles. The van der Waals surface area contributed by atoms with Gasteiger partial charge in [0.25, 0.3) is 5.69 Å². The number of nitro benzene ring substituents is 1. The summed E-state index contributed by atoms with van der Waals surface area (Å²) in [5.74, 6) is 0.823. The van der Waals surface area contributed by atoms with E-state index in [0.29, 0.717) is 15.0 Å². The van der Waals surface area contributed by atoms with Crippen molar-refractivity contribution in [2.45, 2.75) is 6.92 Å². The fourth-order valence-electron chi connectivity index (χ4n) is 1.48. The number of aliphatic imine (C=N–C) groups is 1. The lowest BCUT2D eigenvalue weighted by molar-refractivity contribution is -0.384. The Morgan fingerprint density at radius 1 is 1.55 bits per heavy atom. The van der Waals surface area contributed by atoms with E-state index in [2.05, 4.69) is 4.99 Å². The summed E-state index contributed by atoms with van der Waals surface area (Å²) in [4.78, 5) is 26.2. The number of non-ortho nitro benzene ring substituents is 1. The number of hydrogen-bond acceptors (Lipinski definition) is 6. The maximum atomic E-state index is 11.8. The summed E-state index contributed by atoms with van der Waals surface area (Å²) in [7, 11) is 0. The molecule has 1 heterocycles. The van der Waals surface area contributed by atoms with Crippen molar-refractivity contribution < 1.29 is 9.72 Å². The predicted octanol–water partition coefficient (Wildman–Crippen LogP) is 3.97. The largest absolute Gasteiger partial charge is 0.279 e. The van der Waals surface area contributed by atoms with Gasteiger partial charge in [-0.15, -0.1) is 0 Å². The Morgan fingerprint density at radius 3 is 2.95 bits per heavy atom. The molecule has 1 aromatic rings. The Morgan fingerprint density at radius 2 is 2.30 bits per heavy atom. The summed E-state index contributed by atoms with van der Waals surface area (Å²) in [6, 6.07) is 4.08. The summed E-state index contributed by atoms with van der Waals surface area (Å²) >= 11 is 8.53. The highest BCUT2D eigenvalue weighted by Crippen LogP contribution is 2.32. The first kappa shape index (κ1) is 15.1. The minimum atomic E-state index is -0.509. The standard InChI is InChI=1S/C12H9ClN2O3S2/c1-2-19-12-14-10(11(16)20-12)6-7-5-8(15(17)18)3-4-9(7)13/h3-6H,2H2,1H3/b10-6-. The summed E-state index contributed by atoms with van der Waals surface area (Å²) in [6.45, 7) is 1.97. The van der Waals surface area contributed by atoms with Crippen LogP contribution in [0.4, 0.5) is 5.69 Å². The fourth-order valence-corrected chi connectivity index (χ4v) is 3.39. The van der Waals surface area contributed by atoms with Crippen molar-refractivity contribution in [1.29, 1.82) is 0 Å². The van der Waals surface area contributed by atoms with E-state index >= 15 is 0 Å². The maximum absolute atomic E-state index is 11.8. The van der Waals surface area contributed by atoms with E-state index in [4.69, 9.17) is 11.6 Å². The van der Waals surface area contributed by atoms with Gasteiger partial charge in [0, 0.05) is 22.7 Å². The van der Waals surface area contributed by atoms with E-state index in [-0.39, 0.29) is 16.5 Å². The number of carbonyl (C=O) groups excluding carboxylic acids is 1. The van der Waals surface area contributed by atoms with Gasteiger partial charge in [-0.2, -0.15) is 0 Å². The normalized spacial score (nSPS) is 16.6. The third kappa shape index (κ3) is 3.41. The molecule has 0 amide bonds. The molecule has 0 saturated heterocycles. The van der Waals surface area contributed by atoms with Crippen LogP contribution in [0.1, 0.15) is 12.5 Å². The summed E-state index contributed by atoms with van der Waals surface area (Å²) < 4.78 is 0.685. The van der Waals surface area contributed by atoms with Gasteiger partial charge in [-0.05, 0) is 29.7 Å². The number of rotatable bonds is 3. The molecule has 1 aromatic carbocycles. The van der Waals surface area contributed by atoms with E-state index in [9.17, 15) is 14.9 Å². The molecule has 20 heavy (non-hydrogen) atoms. The molecular weight excluding hydrogens is 320 g/mol. The monoisotopic (exact) mass is 328 g/mol. The van der Waals surface area contributed by atoms with Gasteiger partial charge < -0.3 is 0 Å². The Labute approximate surface area is 128 Å². The maximum Gasteiger partial charge on any atom is 0.270 e. The first-order valence-electron chi connectivity index (χ1n) is 5.60. The van der Waals surface area contributed by atoms with Crippen LogP contribution in [-0.2, 0) is 4.79 Å². The van der Waals surface area contributed by atoms with E-state index in [1.807, 2.05) is 6.92 Å². The van der Waals surface area contributed by atoms with Gasteiger partial charge in [0.2, 0.25) is 5.12 Å². The second kappa shape index (κ2) is 6.43. The highest BCUT2D eigenvalue weighted by molar-refractivity contribution is 8.45. The van der Waals surface area contributed by atoms with E-state index in [1.54, 1.807) is 0 Å². The first-order chi connectivity index (χ1) is 9.51. The molecule has 5 nitrogen and oxygen atoms in total. The molecule has 1 aliphatic rings. The summed E-state index contributed by atoms with van der Waals surface area (Å²) in [6.07, 6.45) is 1.48. The van der Waals surface area contributed by atoms with E-state index in [1.165, 1.54) is 36.0 Å². The number of benzene rings is 1. The number of halogens is 1. The fraction of sp³-hybridized carbons (Fsp3) is 0.167. The molecule has 0 spiro atoms. The molecule has 8 heteroatoms. The van der Waals surface area contributed by atoms with Gasteiger partial charge in [0.05, 0.1) is 4.92 Å². The number of carbonyl (C=O) groups is 1. The molecule has 0 radical (unpaired) electrons. The molecule has 0 bridgehead atoms. The summed E-state index contributed by atoms with van der Waals surface area (Å²) in [5, 5.41) is 10.9. The van der Waals surface area contributed by atoms with Crippen molar-refractivity contribution >= 4 is 56.4 Å². The Kier molecular flexibility index (Phi) is 4.85. The molecule has 104 valence electrons. The smallest absolute Gasteiger partial charge is 0.270 e. The lowest BCUT2D eigenvalue weighted by Crippen LogP contribution is -1.91. The molecule has 0 fully saturated rings. The first-order valence-corrected chi connectivity index (χ1v) is 7.78. The van der Waals surface area contributed by atoms with Crippen molar-refractivity contribution in [2.24, 2.45) is 4.99 Å². The number of hydrogen-bond donors (Lipinski definition) is 0. The van der Waals surface area contributed by atoms with Gasteiger partial charge in [0.15, 0.2) is 0 Å². The molecule has 2 rings (SSSR count). The molecule has 0 N–H and O–H groups in total. The Balaban J connectivity index is 2.37. The minimum absolute atomic E-state index is 0.0773. The van der Waals surface area contributed by atoms with Crippen molar-refractivity contribution in [3.8, 4) is 0 Å². The molecule has 0 atom stereocenters. The second-order valence-corrected chi connectivity index (χ2v) is 6.57. The van der Waals surface area contributed by atoms with Gasteiger partial charge in [-0.3, -0.25) is 14.9 Å². The van der Waals surface area contributed by atoms with Crippen LogP contribution in [0.5, 0.6) is 0 Å². The van der Waals surface area contributed by atoms with E-state index < -0.39 is 4.92 Å². The zero-order valence-corrected chi connectivity index (χ0v) is 12.7. The van der Waals surface area contributed by atoms with Crippen molar-refractivity contribution in [2.75, 3.05) is 5.75 Å². The quantitative estimate of drug-likeness (QED) is 0.477. The van der Waals surface area contributed by atoms with Crippen molar-refractivity contribution in [1.82, 2.24) is 0 Å². The number of thioether (sulfide) groups is 2. The third-order valence-corrected chi connectivity index (χ3v) is 4.59. The third-order valence-electron chi connectivity index (χ3n) is 2.35. The van der Waals surface area contributed by atoms with Gasteiger partial charge in [0.1, 0.15) is 10.1 Å². The van der Waals surface area contributed by atoms with E-state index in [0.717, 1.165) is 17.5 Å². The van der Waals surface area contributed by atoms with Crippen LogP contribution in [-0.4, -0.2) is 20.2 Å². The second-order valence-electron chi connectivity index (χ2n) is 3.69. The highest BCUT2D eigenvalue weighted by Gasteiger charge is 2.22. The Hall–Kier alpha value is -1.31. The van der Waals surface area contributed by atoms with Crippen molar-refractivity contribution in [3.63, 3.8) is 0 Å². The van der Waals surface area contributed by atoms with Crippen LogP contribution >= 0.6 is 35.1 Å². The van der Waals surface area contributed by atoms with Gasteiger partial charge in [-0.25, -0.2) is 4.99 Å². The van der Waals surface area contributed by atoms with Crippen molar-refractivity contribution in [3.05, 3.63) is 44.6 Å². The van der Waals surface area contributed by atoms with Crippen LogP contribution in [0.15, 0.2) is 28.9 Å². The minimum Gasteiger partial charge on any atom is -0.279 e. The Bertz CT molecular complexity index is 644. The summed E-state index contributed by atoms with van der Waals surface area (Å²) in [5.41, 5.74) is 0.594. The van der Waals surface area contributed by atoms with Crippen LogP contribution in [0.2, 0.25) is 5.02 Å². The number of nitro groups is 1. The predicted molar refractivity (Wildman–Crippen MR) is 84.2 cm³/mol. The lowest BCUT2D eigenvalue weighted by Gasteiger charge is -1.99. The van der Waals surface area contributed by atoms with Crippen LogP contribution in [0.3, 0.4) is 0 Å². The average Bonchev–Trinajstić information content (AvgIpc) is 2.72. The zero-order valence-electron chi connectivity index (χ0n) is 10.3. The lowest BCUT2D eigenvalue weighted by atomic mass is 10.1. The molecule has 0 aromatic heterocycles. The highest BCUT2D eigenvalue weighted by atomic mass is 35.5. The average molecular weight is 329 g/mol. The van der Waals surface area contributed by atoms with Crippen LogP contribution in [0.25, 0.3) is 6.08 Å². The van der Waals surface area contributed by atoms with Crippen LogP contribution in [0, 0.1) is 10.1 Å².